The number of nitrogens with zero attached hydrogens (tertiary/aromatic N) is 7. The summed E-state index contributed by atoms with van der Waals surface area (Å²) in [6.07, 6.45) is 2.37. The number of rotatable bonds is 5. The molecule has 10 heteroatoms. The summed E-state index contributed by atoms with van der Waals surface area (Å²) in [6, 6.07) is 8.67. The fraction of sp³-hybridized carbons (Fsp3) is 0.435. The van der Waals surface area contributed by atoms with Crippen LogP contribution in [0.5, 0.6) is 11.8 Å². The van der Waals surface area contributed by atoms with Gasteiger partial charge in [0.25, 0.3) is 0 Å². The third-order valence-electron chi connectivity index (χ3n) is 6.82. The maximum Gasteiger partial charge on any atom is 0.319 e. The fourth-order valence-corrected chi connectivity index (χ4v) is 5.12. The Labute approximate surface area is 191 Å². The number of benzene rings is 1. The SMILES string of the molecule is COc1ncnc(-c2ccc(-c3ccc(N(C)C4C(F)C5CC[C@H]4CN5C)nn3)c(O)c2)n1. The van der Waals surface area contributed by atoms with Gasteiger partial charge in [0, 0.05) is 30.8 Å². The van der Waals surface area contributed by atoms with Gasteiger partial charge in [0.15, 0.2) is 11.6 Å². The van der Waals surface area contributed by atoms with Crippen molar-refractivity contribution in [3.63, 3.8) is 0 Å². The van der Waals surface area contributed by atoms with Crippen molar-refractivity contribution in [1.29, 1.82) is 0 Å². The lowest BCUT2D eigenvalue weighted by molar-refractivity contribution is -0.0177. The lowest BCUT2D eigenvalue weighted by Crippen LogP contribution is -2.64. The summed E-state index contributed by atoms with van der Waals surface area (Å²) in [5.41, 5.74) is 1.67. The van der Waals surface area contributed by atoms with Crippen LogP contribution in [0.3, 0.4) is 0 Å². The number of aromatic hydroxyl groups is 1. The van der Waals surface area contributed by atoms with E-state index in [-0.39, 0.29) is 29.8 Å². The number of alkyl halides is 1. The highest BCUT2D eigenvalue weighted by Crippen LogP contribution is 2.40. The first kappa shape index (κ1) is 21.4. The highest BCUT2D eigenvalue weighted by Gasteiger charge is 2.48. The topological polar surface area (TPSA) is 100 Å². The minimum absolute atomic E-state index is 0.0266. The van der Waals surface area contributed by atoms with Crippen LogP contribution in [0.1, 0.15) is 12.8 Å². The number of piperidine rings is 2. The zero-order chi connectivity index (χ0) is 23.1. The van der Waals surface area contributed by atoms with E-state index in [2.05, 4.69) is 30.0 Å². The molecule has 172 valence electrons. The van der Waals surface area contributed by atoms with Gasteiger partial charge in [-0.25, -0.2) is 9.37 Å². The van der Waals surface area contributed by atoms with Gasteiger partial charge < -0.3 is 19.6 Å². The van der Waals surface area contributed by atoms with Crippen molar-refractivity contribution in [3.05, 3.63) is 36.7 Å². The van der Waals surface area contributed by atoms with Crippen molar-refractivity contribution < 1.29 is 14.2 Å². The molecule has 33 heavy (non-hydrogen) atoms. The molecule has 4 heterocycles. The molecule has 9 nitrogen and oxygen atoms in total. The van der Waals surface area contributed by atoms with Gasteiger partial charge in [-0.05, 0) is 50.1 Å². The smallest absolute Gasteiger partial charge is 0.319 e. The lowest BCUT2D eigenvalue weighted by Gasteiger charge is -2.52. The van der Waals surface area contributed by atoms with E-state index in [0.29, 0.717) is 28.5 Å². The summed E-state index contributed by atoms with van der Waals surface area (Å²) in [5, 5.41) is 19.3. The lowest BCUT2D eigenvalue weighted by atomic mass is 9.74. The van der Waals surface area contributed by atoms with Crippen LogP contribution in [0.15, 0.2) is 36.7 Å². The number of hydrogen-bond acceptors (Lipinski definition) is 9. The monoisotopic (exact) mass is 451 g/mol. The Hall–Kier alpha value is -3.40. The van der Waals surface area contributed by atoms with Gasteiger partial charge in [0.2, 0.25) is 0 Å². The predicted molar refractivity (Wildman–Crippen MR) is 121 cm³/mol. The van der Waals surface area contributed by atoms with Crippen LogP contribution < -0.4 is 9.64 Å². The highest BCUT2D eigenvalue weighted by molar-refractivity contribution is 5.72. The van der Waals surface area contributed by atoms with Crippen molar-refractivity contribution in [1.82, 2.24) is 30.0 Å². The summed E-state index contributed by atoms with van der Waals surface area (Å²) in [4.78, 5) is 16.3. The van der Waals surface area contributed by atoms with Gasteiger partial charge in [0.05, 0.1) is 18.8 Å². The van der Waals surface area contributed by atoms with Crippen LogP contribution >= 0.6 is 0 Å². The van der Waals surface area contributed by atoms with Crippen LogP contribution in [0.4, 0.5) is 10.2 Å². The van der Waals surface area contributed by atoms with Crippen molar-refractivity contribution in [3.8, 4) is 34.4 Å². The van der Waals surface area contributed by atoms with Crippen molar-refractivity contribution in [2.24, 2.45) is 5.92 Å². The first-order valence-electron chi connectivity index (χ1n) is 10.9. The molecule has 4 atom stereocenters. The van der Waals surface area contributed by atoms with E-state index in [1.54, 1.807) is 24.3 Å². The molecular formula is C23H26FN7O2. The molecular weight excluding hydrogens is 425 g/mol. The normalized spacial score (nSPS) is 24.6. The van der Waals surface area contributed by atoms with E-state index in [0.717, 1.165) is 19.4 Å². The Kier molecular flexibility index (Phi) is 5.53. The molecule has 0 amide bonds. The van der Waals surface area contributed by atoms with E-state index in [9.17, 15) is 5.11 Å². The molecule has 2 saturated heterocycles. The van der Waals surface area contributed by atoms with E-state index < -0.39 is 6.17 Å². The summed E-state index contributed by atoms with van der Waals surface area (Å²) in [5.74, 6) is 1.31. The van der Waals surface area contributed by atoms with E-state index in [4.69, 9.17) is 4.74 Å². The average molecular weight is 452 g/mol. The molecule has 6 rings (SSSR count). The second kappa shape index (κ2) is 8.51. The molecule has 3 aliphatic rings. The van der Waals surface area contributed by atoms with Gasteiger partial charge in [-0.1, -0.05) is 6.07 Å². The van der Waals surface area contributed by atoms with Crippen LogP contribution in [-0.4, -0.2) is 81.2 Å². The second-order valence-corrected chi connectivity index (χ2v) is 8.69. The molecule has 3 aromatic rings. The quantitative estimate of drug-likeness (QED) is 0.627. The third-order valence-corrected chi connectivity index (χ3v) is 6.82. The van der Waals surface area contributed by atoms with Crippen molar-refractivity contribution in [2.45, 2.75) is 31.1 Å². The summed E-state index contributed by atoms with van der Waals surface area (Å²) >= 11 is 0. The molecule has 2 aliphatic heterocycles. The number of hydrogen-bond donors (Lipinski definition) is 1. The number of anilines is 1. The minimum atomic E-state index is -0.917. The number of halogens is 1. The molecule has 3 unspecified atom stereocenters. The van der Waals surface area contributed by atoms with Crippen molar-refractivity contribution in [2.75, 3.05) is 32.6 Å². The van der Waals surface area contributed by atoms with Crippen LogP contribution in [0.25, 0.3) is 22.6 Å². The predicted octanol–water partition coefficient (Wildman–Crippen LogP) is 2.58. The Balaban J connectivity index is 1.36. The number of aromatic nitrogens is 5. The Morgan fingerprint density at radius 2 is 2.00 bits per heavy atom. The zero-order valence-corrected chi connectivity index (χ0v) is 18.8. The first-order valence-corrected chi connectivity index (χ1v) is 10.9. The number of phenolic OH excluding ortho intramolecular Hbond substituents is 1. The molecule has 2 aromatic heterocycles. The second-order valence-electron chi connectivity index (χ2n) is 8.69. The maximum absolute atomic E-state index is 15.2. The van der Waals surface area contributed by atoms with Crippen LogP contribution in [-0.2, 0) is 0 Å². The van der Waals surface area contributed by atoms with Gasteiger partial charge in [0.1, 0.15) is 18.2 Å². The first-order chi connectivity index (χ1) is 16.0. The third kappa shape index (κ3) is 3.84. The molecule has 0 radical (unpaired) electrons. The highest BCUT2D eigenvalue weighted by atomic mass is 19.1. The largest absolute Gasteiger partial charge is 0.507 e. The zero-order valence-electron chi connectivity index (χ0n) is 18.8. The van der Waals surface area contributed by atoms with E-state index in [1.807, 2.05) is 25.1 Å². The number of ether oxygens (including phenoxy) is 1. The van der Waals surface area contributed by atoms with Gasteiger partial charge in [-0.3, -0.25) is 0 Å². The van der Waals surface area contributed by atoms with Gasteiger partial charge >= 0.3 is 6.01 Å². The summed E-state index contributed by atoms with van der Waals surface area (Å²) in [7, 11) is 5.37. The molecule has 0 spiro atoms. The molecule has 1 aliphatic carbocycles. The van der Waals surface area contributed by atoms with Gasteiger partial charge in [-0.2, -0.15) is 9.97 Å². The summed E-state index contributed by atoms with van der Waals surface area (Å²) < 4.78 is 20.2. The van der Waals surface area contributed by atoms with Crippen LogP contribution in [0, 0.1) is 5.92 Å². The average Bonchev–Trinajstić information content (AvgIpc) is 2.84. The Morgan fingerprint density at radius 1 is 1.15 bits per heavy atom. The maximum atomic E-state index is 15.2. The van der Waals surface area contributed by atoms with E-state index >= 15 is 4.39 Å². The van der Waals surface area contributed by atoms with E-state index in [1.165, 1.54) is 13.4 Å². The van der Waals surface area contributed by atoms with Gasteiger partial charge in [-0.15, -0.1) is 10.2 Å². The standard InChI is InChI=1S/C23H26FN7O2/c1-30-11-14-5-8-17(30)20(24)21(14)31(2)19-9-7-16(28-29-19)15-6-4-13(10-18(15)32)22-25-12-26-23(27-22)33-3/h4,6-7,9-10,12,14,17,20-21,32H,5,8,11H2,1-3H3/t14-,17?,20?,21?/m0/s1. The molecule has 3 fully saturated rings. The number of methoxy groups -OCH3 is 1. The summed E-state index contributed by atoms with van der Waals surface area (Å²) in [6.45, 7) is 0.902. The Bertz CT molecular complexity index is 1140. The Morgan fingerprint density at radius 3 is 2.67 bits per heavy atom. The van der Waals surface area contributed by atoms with Crippen LogP contribution in [0.2, 0.25) is 0 Å². The molecule has 2 bridgehead atoms. The number of fused-ring (bicyclic) bond motifs is 3. The number of phenols is 1. The molecule has 1 N–H and O–H groups in total. The fourth-order valence-electron chi connectivity index (χ4n) is 5.12. The van der Waals surface area contributed by atoms with Crippen molar-refractivity contribution >= 4 is 5.82 Å². The molecule has 1 saturated carbocycles. The molecule has 1 aromatic carbocycles. The minimum Gasteiger partial charge on any atom is -0.507 e.